The van der Waals surface area contributed by atoms with Crippen LogP contribution in [-0.2, 0) is 30.3 Å². The van der Waals surface area contributed by atoms with Crippen molar-refractivity contribution in [3.05, 3.63) is 82.9 Å². The van der Waals surface area contributed by atoms with E-state index in [1.807, 2.05) is 17.8 Å². The summed E-state index contributed by atoms with van der Waals surface area (Å²) >= 11 is 8.18. The van der Waals surface area contributed by atoms with Crippen LogP contribution in [0.4, 0.5) is 0 Å². The van der Waals surface area contributed by atoms with Crippen LogP contribution >= 0.6 is 23.4 Å². The molecule has 2 aromatic carbocycles. The van der Waals surface area contributed by atoms with Crippen molar-refractivity contribution in [3.8, 4) is 0 Å². The lowest BCUT2D eigenvalue weighted by Gasteiger charge is -2.39. The van der Waals surface area contributed by atoms with Crippen LogP contribution < -0.4 is 0 Å². The highest BCUT2D eigenvalue weighted by atomic mass is 35.5. The standard InChI is InChI=1S/C21H25ClN2OS.2C4H4O4/c1-25-13-12-23-8-10-24(11-9-23)19-15-16-14-17(22)6-7-20(16)26-21-5-3-2-4-18(19)21;2*5-3(6)1-2-4(7)8/h2-7,14,19H,8-13,15H2,1H3;2*1-2H,(H,5,6)(H,7,8). The van der Waals surface area contributed by atoms with Crippen LogP contribution in [0.1, 0.15) is 17.2 Å². The molecule has 2 aliphatic rings. The van der Waals surface area contributed by atoms with Gasteiger partial charge in [-0.15, -0.1) is 0 Å². The molecule has 2 aromatic rings. The highest BCUT2D eigenvalue weighted by molar-refractivity contribution is 7.99. The number of carboxylic acids is 4. The first-order valence-corrected chi connectivity index (χ1v) is 14.0. The van der Waals surface area contributed by atoms with E-state index in [0.717, 1.165) is 50.8 Å². The number of aliphatic carboxylic acids is 4. The fourth-order valence-electron chi connectivity index (χ4n) is 4.22. The molecule has 1 saturated heterocycles. The van der Waals surface area contributed by atoms with Crippen LogP contribution in [0.5, 0.6) is 0 Å². The Hall–Kier alpha value is -3.68. The van der Waals surface area contributed by atoms with E-state index in [0.29, 0.717) is 30.3 Å². The maximum absolute atomic E-state index is 9.55. The molecule has 4 N–H and O–H groups in total. The number of hydrogen-bond donors (Lipinski definition) is 4. The largest absolute Gasteiger partial charge is 0.478 e. The second kappa shape index (κ2) is 18.0. The van der Waals surface area contributed by atoms with Gasteiger partial charge in [0.05, 0.1) is 6.61 Å². The van der Waals surface area contributed by atoms with Crippen LogP contribution in [-0.4, -0.2) is 101 Å². The van der Waals surface area contributed by atoms with Gasteiger partial charge in [-0.25, -0.2) is 19.2 Å². The zero-order chi connectivity index (χ0) is 31.1. The smallest absolute Gasteiger partial charge is 0.328 e. The Kier molecular flexibility index (Phi) is 14.8. The minimum atomic E-state index is -1.26. The fourth-order valence-corrected chi connectivity index (χ4v) is 5.53. The van der Waals surface area contributed by atoms with Gasteiger partial charge in [0, 0.05) is 85.0 Å². The van der Waals surface area contributed by atoms with E-state index >= 15 is 0 Å². The zero-order valence-electron chi connectivity index (χ0n) is 22.9. The third kappa shape index (κ3) is 12.5. The molecule has 0 radical (unpaired) electrons. The van der Waals surface area contributed by atoms with Gasteiger partial charge in [0.2, 0.25) is 0 Å². The second-order valence-electron chi connectivity index (χ2n) is 9.00. The number of halogens is 1. The first-order chi connectivity index (χ1) is 20.0. The van der Waals surface area contributed by atoms with Crippen molar-refractivity contribution in [1.82, 2.24) is 9.80 Å². The normalized spacial score (nSPS) is 16.7. The van der Waals surface area contributed by atoms with E-state index in [4.69, 9.17) is 36.8 Å². The van der Waals surface area contributed by atoms with Crippen LogP contribution in [0.15, 0.2) is 76.6 Å². The van der Waals surface area contributed by atoms with E-state index in [2.05, 4.69) is 46.2 Å². The third-order valence-electron chi connectivity index (χ3n) is 6.13. The number of piperazine rings is 1. The Morgan fingerprint density at radius 3 is 1.93 bits per heavy atom. The molecule has 0 aromatic heterocycles. The van der Waals surface area contributed by atoms with Crippen molar-refractivity contribution in [1.29, 1.82) is 0 Å². The van der Waals surface area contributed by atoms with Gasteiger partial charge < -0.3 is 25.2 Å². The van der Waals surface area contributed by atoms with Crippen molar-refractivity contribution < 1.29 is 44.3 Å². The van der Waals surface area contributed by atoms with Crippen molar-refractivity contribution in [3.63, 3.8) is 0 Å². The molecule has 226 valence electrons. The predicted octanol–water partition coefficient (Wildman–Crippen LogP) is 3.78. The van der Waals surface area contributed by atoms with E-state index < -0.39 is 23.9 Å². The molecule has 0 saturated carbocycles. The minimum absolute atomic E-state index is 0.419. The summed E-state index contributed by atoms with van der Waals surface area (Å²) in [4.78, 5) is 46.1. The van der Waals surface area contributed by atoms with Gasteiger partial charge >= 0.3 is 23.9 Å². The van der Waals surface area contributed by atoms with Crippen molar-refractivity contribution in [2.45, 2.75) is 22.3 Å². The van der Waals surface area contributed by atoms with Crippen LogP contribution in [0.3, 0.4) is 0 Å². The summed E-state index contributed by atoms with van der Waals surface area (Å²) in [6.07, 6.45) is 3.26. The van der Waals surface area contributed by atoms with Crippen molar-refractivity contribution in [2.75, 3.05) is 46.4 Å². The number of methoxy groups -OCH3 is 1. The molecule has 4 rings (SSSR count). The Labute approximate surface area is 252 Å². The number of benzene rings is 2. The number of fused-ring (bicyclic) bond motifs is 2. The molecular weight excluding hydrogens is 588 g/mol. The maximum atomic E-state index is 9.55. The molecule has 11 nitrogen and oxygen atoms in total. The topological polar surface area (TPSA) is 165 Å². The van der Waals surface area contributed by atoms with Crippen LogP contribution in [0.2, 0.25) is 5.02 Å². The Morgan fingerprint density at radius 2 is 1.40 bits per heavy atom. The summed E-state index contributed by atoms with van der Waals surface area (Å²) in [6, 6.07) is 15.6. The van der Waals surface area contributed by atoms with E-state index in [9.17, 15) is 19.2 Å². The number of nitrogens with zero attached hydrogens (tertiary/aromatic N) is 2. The number of rotatable bonds is 8. The Bertz CT molecular complexity index is 1230. The van der Waals surface area contributed by atoms with Crippen LogP contribution in [0, 0.1) is 0 Å². The molecule has 1 atom stereocenters. The number of carbonyl (C=O) groups is 4. The molecule has 0 aliphatic carbocycles. The fraction of sp³-hybridized carbons (Fsp3) is 0.310. The number of ether oxygens (including phenoxy) is 1. The van der Waals surface area contributed by atoms with E-state index in [-0.39, 0.29) is 0 Å². The maximum Gasteiger partial charge on any atom is 0.328 e. The lowest BCUT2D eigenvalue weighted by molar-refractivity contribution is -0.134. The van der Waals surface area contributed by atoms with E-state index in [1.165, 1.54) is 20.9 Å². The monoisotopic (exact) mass is 620 g/mol. The number of hydrogen-bond acceptors (Lipinski definition) is 8. The predicted molar refractivity (Wildman–Crippen MR) is 157 cm³/mol. The molecular formula is C29H33ClN2O9S. The summed E-state index contributed by atoms with van der Waals surface area (Å²) in [6.45, 7) is 6.26. The SMILES string of the molecule is COCCN1CCN(C2Cc3cc(Cl)ccc3Sc3ccccc32)CC1.O=C(O)C=CC(=O)O.O=C(O)C=CC(=O)O. The van der Waals surface area contributed by atoms with Gasteiger partial charge in [-0.05, 0) is 41.8 Å². The Balaban J connectivity index is 0.000000319. The summed E-state index contributed by atoms with van der Waals surface area (Å²) in [5.74, 6) is -5.03. The second-order valence-corrected chi connectivity index (χ2v) is 10.5. The molecule has 42 heavy (non-hydrogen) atoms. The first kappa shape index (κ1) is 34.5. The average molecular weight is 621 g/mol. The average Bonchev–Trinajstić information content (AvgIpc) is 3.11. The molecule has 1 fully saturated rings. The number of carboxylic acid groups (broad SMARTS) is 4. The summed E-state index contributed by atoms with van der Waals surface area (Å²) in [5.41, 5.74) is 2.82. The molecule has 13 heteroatoms. The van der Waals surface area contributed by atoms with Crippen molar-refractivity contribution >= 4 is 47.2 Å². The van der Waals surface area contributed by atoms with Gasteiger partial charge in [0.1, 0.15) is 0 Å². The van der Waals surface area contributed by atoms with Gasteiger partial charge in [-0.1, -0.05) is 41.6 Å². The first-order valence-electron chi connectivity index (χ1n) is 12.8. The van der Waals surface area contributed by atoms with Gasteiger partial charge in [0.25, 0.3) is 0 Å². The molecule has 2 aliphatic heterocycles. The molecule has 0 spiro atoms. The zero-order valence-corrected chi connectivity index (χ0v) is 24.5. The van der Waals surface area contributed by atoms with Gasteiger partial charge in [-0.3, -0.25) is 9.80 Å². The van der Waals surface area contributed by atoms with Crippen LogP contribution in [0.25, 0.3) is 0 Å². The molecule has 0 bridgehead atoms. The quantitative estimate of drug-likeness (QED) is 0.316. The summed E-state index contributed by atoms with van der Waals surface area (Å²) in [5, 5.41) is 32.1. The lowest BCUT2D eigenvalue weighted by atomic mass is 9.96. The highest BCUT2D eigenvalue weighted by Crippen LogP contribution is 2.43. The molecule has 2 heterocycles. The van der Waals surface area contributed by atoms with Gasteiger partial charge in [0.15, 0.2) is 0 Å². The van der Waals surface area contributed by atoms with Crippen molar-refractivity contribution in [2.24, 2.45) is 0 Å². The Morgan fingerprint density at radius 1 is 0.857 bits per heavy atom. The minimum Gasteiger partial charge on any atom is -0.478 e. The molecule has 1 unspecified atom stereocenters. The van der Waals surface area contributed by atoms with Gasteiger partial charge in [-0.2, -0.15) is 0 Å². The lowest BCUT2D eigenvalue weighted by Crippen LogP contribution is -2.48. The summed E-state index contributed by atoms with van der Waals surface area (Å²) < 4.78 is 5.23. The highest BCUT2D eigenvalue weighted by Gasteiger charge is 2.29. The molecule has 0 amide bonds. The summed E-state index contributed by atoms with van der Waals surface area (Å²) in [7, 11) is 1.78. The van der Waals surface area contributed by atoms with E-state index in [1.54, 1.807) is 7.11 Å². The third-order valence-corrected chi connectivity index (χ3v) is 7.57.